The summed E-state index contributed by atoms with van der Waals surface area (Å²) in [4.78, 5) is 15.9. The molecule has 16 heavy (non-hydrogen) atoms. The Morgan fingerprint density at radius 1 is 1.38 bits per heavy atom. The summed E-state index contributed by atoms with van der Waals surface area (Å²) in [5.41, 5.74) is 5.43. The first-order valence-electron chi connectivity index (χ1n) is 6.24. The van der Waals surface area contributed by atoms with E-state index < -0.39 is 0 Å². The molecule has 0 aromatic carbocycles. The zero-order chi connectivity index (χ0) is 12.6. The van der Waals surface area contributed by atoms with Crippen LogP contribution in [-0.2, 0) is 4.79 Å². The molecule has 0 aromatic rings. The quantitative estimate of drug-likeness (QED) is 0.673. The molecule has 0 aliphatic rings. The van der Waals surface area contributed by atoms with Gasteiger partial charge in [-0.3, -0.25) is 9.69 Å². The van der Waals surface area contributed by atoms with Crippen molar-refractivity contribution in [1.29, 1.82) is 0 Å². The maximum atomic E-state index is 11.9. The number of likely N-dealkylation sites (N-methyl/N-ethyl adjacent to an activating group) is 2. The van der Waals surface area contributed by atoms with Crippen LogP contribution in [0.2, 0.25) is 0 Å². The zero-order valence-corrected chi connectivity index (χ0v) is 11.2. The Morgan fingerprint density at radius 2 is 2.00 bits per heavy atom. The van der Waals surface area contributed by atoms with E-state index in [0.717, 1.165) is 25.9 Å². The van der Waals surface area contributed by atoms with Gasteiger partial charge < -0.3 is 10.6 Å². The van der Waals surface area contributed by atoms with Crippen LogP contribution in [0.15, 0.2) is 0 Å². The minimum atomic E-state index is 0.190. The van der Waals surface area contributed by atoms with Gasteiger partial charge in [0.15, 0.2) is 0 Å². The number of carbonyl (C=O) groups excluding carboxylic acids is 1. The standard InChI is InChI=1S/C12H27N3O/c1-5-11(3)15(6-2)10-12(16)14(4)9-7-8-13/h11H,5-10,13H2,1-4H3. The van der Waals surface area contributed by atoms with Crippen molar-refractivity contribution in [3.63, 3.8) is 0 Å². The van der Waals surface area contributed by atoms with Crippen molar-refractivity contribution in [2.75, 3.05) is 33.2 Å². The normalized spacial score (nSPS) is 12.9. The Kier molecular flexibility index (Phi) is 8.21. The van der Waals surface area contributed by atoms with E-state index in [1.165, 1.54) is 0 Å². The summed E-state index contributed by atoms with van der Waals surface area (Å²) in [5.74, 6) is 0.190. The molecule has 0 saturated carbocycles. The molecule has 1 unspecified atom stereocenters. The lowest BCUT2D eigenvalue weighted by molar-refractivity contribution is -0.131. The molecule has 96 valence electrons. The molecule has 0 spiro atoms. The van der Waals surface area contributed by atoms with Crippen molar-refractivity contribution < 1.29 is 4.79 Å². The summed E-state index contributed by atoms with van der Waals surface area (Å²) in [7, 11) is 1.85. The van der Waals surface area contributed by atoms with Crippen molar-refractivity contribution in [3.8, 4) is 0 Å². The van der Waals surface area contributed by atoms with Gasteiger partial charge in [-0.25, -0.2) is 0 Å². The molecule has 2 N–H and O–H groups in total. The molecular formula is C12H27N3O. The molecule has 0 aliphatic heterocycles. The topological polar surface area (TPSA) is 49.6 Å². The molecular weight excluding hydrogens is 202 g/mol. The highest BCUT2D eigenvalue weighted by Gasteiger charge is 2.16. The Bertz CT molecular complexity index is 197. The SMILES string of the molecule is CCC(C)N(CC)CC(=O)N(C)CCCN. The van der Waals surface area contributed by atoms with Crippen LogP contribution in [0.1, 0.15) is 33.6 Å². The third kappa shape index (κ3) is 5.47. The van der Waals surface area contributed by atoms with Gasteiger partial charge in [0.25, 0.3) is 0 Å². The van der Waals surface area contributed by atoms with Crippen LogP contribution in [0.5, 0.6) is 0 Å². The summed E-state index contributed by atoms with van der Waals surface area (Å²) >= 11 is 0. The van der Waals surface area contributed by atoms with Crippen molar-refractivity contribution in [1.82, 2.24) is 9.80 Å². The third-order valence-electron chi connectivity index (χ3n) is 3.08. The Morgan fingerprint density at radius 3 is 2.44 bits per heavy atom. The lowest BCUT2D eigenvalue weighted by Gasteiger charge is -2.28. The largest absolute Gasteiger partial charge is 0.345 e. The first-order valence-corrected chi connectivity index (χ1v) is 6.24. The van der Waals surface area contributed by atoms with Gasteiger partial charge in [-0.2, -0.15) is 0 Å². The molecule has 0 heterocycles. The summed E-state index contributed by atoms with van der Waals surface area (Å²) in [5, 5.41) is 0. The van der Waals surface area contributed by atoms with Crippen molar-refractivity contribution in [3.05, 3.63) is 0 Å². The van der Waals surface area contributed by atoms with Crippen LogP contribution in [-0.4, -0.2) is 55.0 Å². The fourth-order valence-corrected chi connectivity index (χ4v) is 1.59. The number of amides is 1. The van der Waals surface area contributed by atoms with Crippen LogP contribution in [0.4, 0.5) is 0 Å². The highest BCUT2D eigenvalue weighted by Crippen LogP contribution is 2.03. The lowest BCUT2D eigenvalue weighted by Crippen LogP contribution is -2.42. The van der Waals surface area contributed by atoms with E-state index >= 15 is 0 Å². The highest BCUT2D eigenvalue weighted by atomic mass is 16.2. The third-order valence-corrected chi connectivity index (χ3v) is 3.08. The van der Waals surface area contributed by atoms with E-state index in [9.17, 15) is 4.79 Å². The molecule has 1 amide bonds. The maximum Gasteiger partial charge on any atom is 0.236 e. The van der Waals surface area contributed by atoms with E-state index in [4.69, 9.17) is 5.73 Å². The van der Waals surface area contributed by atoms with Crippen LogP contribution in [0, 0.1) is 0 Å². The number of hydrogen-bond donors (Lipinski definition) is 1. The molecule has 0 rings (SSSR count). The molecule has 1 atom stereocenters. The smallest absolute Gasteiger partial charge is 0.236 e. The summed E-state index contributed by atoms with van der Waals surface area (Å²) in [6, 6.07) is 0.469. The first-order chi connectivity index (χ1) is 7.56. The number of nitrogens with zero attached hydrogens (tertiary/aromatic N) is 2. The van der Waals surface area contributed by atoms with Crippen molar-refractivity contribution in [2.24, 2.45) is 5.73 Å². The van der Waals surface area contributed by atoms with E-state index in [1.807, 2.05) is 7.05 Å². The van der Waals surface area contributed by atoms with Gasteiger partial charge in [0.05, 0.1) is 6.54 Å². The van der Waals surface area contributed by atoms with E-state index in [2.05, 4.69) is 25.7 Å². The van der Waals surface area contributed by atoms with Crippen LogP contribution < -0.4 is 5.73 Å². The number of nitrogens with two attached hydrogens (primary N) is 1. The van der Waals surface area contributed by atoms with Crippen molar-refractivity contribution in [2.45, 2.75) is 39.7 Å². The average molecular weight is 229 g/mol. The second kappa shape index (κ2) is 8.53. The number of hydrogen-bond acceptors (Lipinski definition) is 3. The van der Waals surface area contributed by atoms with Gasteiger partial charge in [0, 0.05) is 19.6 Å². The van der Waals surface area contributed by atoms with Gasteiger partial charge in [-0.1, -0.05) is 13.8 Å². The molecule has 0 saturated heterocycles. The Hall–Kier alpha value is -0.610. The van der Waals surface area contributed by atoms with Crippen LogP contribution in [0.25, 0.3) is 0 Å². The minimum Gasteiger partial charge on any atom is -0.345 e. The summed E-state index contributed by atoms with van der Waals surface area (Å²) in [6.45, 7) is 9.25. The lowest BCUT2D eigenvalue weighted by atomic mass is 10.2. The zero-order valence-electron chi connectivity index (χ0n) is 11.2. The van der Waals surface area contributed by atoms with E-state index in [-0.39, 0.29) is 5.91 Å². The maximum absolute atomic E-state index is 11.9. The molecule has 0 aromatic heterocycles. The molecule has 4 nitrogen and oxygen atoms in total. The Labute approximate surface area is 99.8 Å². The molecule has 0 fully saturated rings. The fraction of sp³-hybridized carbons (Fsp3) is 0.917. The average Bonchev–Trinajstić information content (AvgIpc) is 2.31. The minimum absolute atomic E-state index is 0.190. The van der Waals surface area contributed by atoms with Crippen molar-refractivity contribution >= 4 is 5.91 Å². The summed E-state index contributed by atoms with van der Waals surface area (Å²) < 4.78 is 0. The number of carbonyl (C=O) groups is 1. The predicted octanol–water partition coefficient (Wildman–Crippen LogP) is 0.914. The number of rotatable bonds is 8. The van der Waals surface area contributed by atoms with Gasteiger partial charge in [0.2, 0.25) is 5.91 Å². The van der Waals surface area contributed by atoms with Gasteiger partial charge in [0.1, 0.15) is 0 Å². The van der Waals surface area contributed by atoms with Gasteiger partial charge >= 0.3 is 0 Å². The molecule has 4 heteroatoms. The highest BCUT2D eigenvalue weighted by molar-refractivity contribution is 5.78. The molecule has 0 bridgehead atoms. The monoisotopic (exact) mass is 229 g/mol. The molecule has 0 aliphatic carbocycles. The van der Waals surface area contributed by atoms with Crippen LogP contribution in [0.3, 0.4) is 0 Å². The molecule has 0 radical (unpaired) electrons. The fourth-order valence-electron chi connectivity index (χ4n) is 1.59. The predicted molar refractivity (Wildman–Crippen MR) is 68.3 cm³/mol. The van der Waals surface area contributed by atoms with Gasteiger partial charge in [-0.05, 0) is 32.9 Å². The summed E-state index contributed by atoms with van der Waals surface area (Å²) in [6.07, 6.45) is 1.95. The first kappa shape index (κ1) is 15.4. The Balaban J connectivity index is 4.08. The second-order valence-electron chi connectivity index (χ2n) is 4.28. The van der Waals surface area contributed by atoms with E-state index in [1.54, 1.807) is 4.90 Å². The van der Waals surface area contributed by atoms with Gasteiger partial charge in [-0.15, -0.1) is 0 Å². The van der Waals surface area contributed by atoms with E-state index in [0.29, 0.717) is 19.1 Å². The van der Waals surface area contributed by atoms with Crippen LogP contribution >= 0.6 is 0 Å². The second-order valence-corrected chi connectivity index (χ2v) is 4.28.